The molecule has 2 aromatic rings. The topological polar surface area (TPSA) is 39.7 Å². The van der Waals surface area contributed by atoms with E-state index in [0.29, 0.717) is 29.7 Å². The van der Waals surface area contributed by atoms with Crippen LogP contribution in [0, 0.1) is 0 Å². The highest BCUT2D eigenvalue weighted by atomic mass is 35.5. The van der Waals surface area contributed by atoms with Gasteiger partial charge in [-0.2, -0.15) is 0 Å². The molecule has 1 aliphatic rings. The van der Waals surface area contributed by atoms with Crippen molar-refractivity contribution >= 4 is 11.6 Å². The van der Waals surface area contributed by atoms with Crippen LogP contribution in [-0.2, 0) is 6.54 Å². The molecule has 0 radical (unpaired) electrons. The smallest absolute Gasteiger partial charge is 0.231 e. The molecule has 3 rings (SSSR count). The summed E-state index contributed by atoms with van der Waals surface area (Å²) >= 11 is 6.14. The molecule has 0 saturated carbocycles. The van der Waals surface area contributed by atoms with Crippen molar-refractivity contribution in [3.63, 3.8) is 0 Å². The summed E-state index contributed by atoms with van der Waals surface area (Å²) in [5, 5.41) is 3.90. The van der Waals surface area contributed by atoms with Gasteiger partial charge in [-0.1, -0.05) is 29.8 Å². The number of nitrogens with one attached hydrogen (secondary N) is 1. The van der Waals surface area contributed by atoms with Crippen LogP contribution in [0.2, 0.25) is 5.02 Å². The summed E-state index contributed by atoms with van der Waals surface area (Å²) in [6.45, 7) is 2.30. The third kappa shape index (κ3) is 3.60. The van der Waals surface area contributed by atoms with Gasteiger partial charge in [0.05, 0.1) is 5.02 Å². The fourth-order valence-electron chi connectivity index (χ4n) is 2.11. The number of hydrogen-bond donors (Lipinski definition) is 1. The number of ether oxygens (including phenoxy) is 3. The molecular weight excluding hydrogens is 290 g/mol. The molecule has 0 unspecified atom stereocenters. The SMILES string of the molecule is Clc1cc(CNCCOc2ccccc2)cc2c1OCO2. The molecule has 1 heterocycles. The molecule has 2 aromatic carbocycles. The van der Waals surface area contributed by atoms with Gasteiger partial charge in [-0.05, 0) is 29.8 Å². The molecule has 0 fully saturated rings. The number of hydrogen-bond acceptors (Lipinski definition) is 4. The Bertz CT molecular complexity index is 604. The van der Waals surface area contributed by atoms with Crippen LogP contribution in [-0.4, -0.2) is 19.9 Å². The first-order valence-corrected chi connectivity index (χ1v) is 7.17. The molecule has 1 N–H and O–H groups in total. The van der Waals surface area contributed by atoms with Gasteiger partial charge in [0.15, 0.2) is 11.5 Å². The van der Waals surface area contributed by atoms with E-state index in [9.17, 15) is 0 Å². The van der Waals surface area contributed by atoms with E-state index in [1.807, 2.05) is 42.5 Å². The second-order valence-corrected chi connectivity index (χ2v) is 5.06. The molecule has 21 heavy (non-hydrogen) atoms. The molecule has 0 amide bonds. The van der Waals surface area contributed by atoms with Gasteiger partial charge in [0.25, 0.3) is 0 Å². The Hall–Kier alpha value is -1.91. The van der Waals surface area contributed by atoms with Crippen LogP contribution in [0.1, 0.15) is 5.56 Å². The van der Waals surface area contributed by atoms with Gasteiger partial charge in [-0.25, -0.2) is 0 Å². The van der Waals surface area contributed by atoms with Crippen molar-refractivity contribution in [2.75, 3.05) is 19.9 Å². The Labute approximate surface area is 128 Å². The van der Waals surface area contributed by atoms with Gasteiger partial charge >= 0.3 is 0 Å². The number of para-hydroxylation sites is 1. The summed E-state index contributed by atoms with van der Waals surface area (Å²) in [5.41, 5.74) is 1.06. The van der Waals surface area contributed by atoms with Crippen LogP contribution in [0.3, 0.4) is 0 Å². The average molecular weight is 306 g/mol. The van der Waals surface area contributed by atoms with Crippen molar-refractivity contribution in [1.29, 1.82) is 0 Å². The first-order valence-electron chi connectivity index (χ1n) is 6.79. The lowest BCUT2D eigenvalue weighted by Crippen LogP contribution is -2.20. The van der Waals surface area contributed by atoms with E-state index >= 15 is 0 Å². The summed E-state index contributed by atoms with van der Waals surface area (Å²) in [7, 11) is 0. The fraction of sp³-hybridized carbons (Fsp3) is 0.250. The van der Waals surface area contributed by atoms with Gasteiger partial charge in [0.2, 0.25) is 6.79 Å². The minimum Gasteiger partial charge on any atom is -0.492 e. The second kappa shape index (κ2) is 6.70. The second-order valence-electron chi connectivity index (χ2n) is 4.65. The largest absolute Gasteiger partial charge is 0.492 e. The number of halogens is 1. The molecule has 0 spiro atoms. The molecule has 5 heteroatoms. The van der Waals surface area contributed by atoms with Gasteiger partial charge < -0.3 is 19.5 Å². The van der Waals surface area contributed by atoms with E-state index in [4.69, 9.17) is 25.8 Å². The third-order valence-electron chi connectivity index (χ3n) is 3.11. The van der Waals surface area contributed by atoms with Crippen LogP contribution in [0.15, 0.2) is 42.5 Å². The van der Waals surface area contributed by atoms with Crippen molar-refractivity contribution in [2.45, 2.75) is 6.54 Å². The van der Waals surface area contributed by atoms with E-state index < -0.39 is 0 Å². The van der Waals surface area contributed by atoms with Crippen LogP contribution < -0.4 is 19.5 Å². The first-order chi connectivity index (χ1) is 10.3. The average Bonchev–Trinajstić information content (AvgIpc) is 2.97. The van der Waals surface area contributed by atoms with Crippen molar-refractivity contribution in [2.24, 2.45) is 0 Å². The van der Waals surface area contributed by atoms with Crippen LogP contribution >= 0.6 is 11.6 Å². The zero-order valence-electron chi connectivity index (χ0n) is 11.5. The van der Waals surface area contributed by atoms with E-state index in [-0.39, 0.29) is 6.79 Å². The Kier molecular flexibility index (Phi) is 4.48. The lowest BCUT2D eigenvalue weighted by molar-refractivity contribution is 0.174. The summed E-state index contributed by atoms with van der Waals surface area (Å²) < 4.78 is 16.2. The quantitative estimate of drug-likeness (QED) is 0.832. The van der Waals surface area contributed by atoms with Gasteiger partial charge in [0.1, 0.15) is 12.4 Å². The molecule has 0 saturated heterocycles. The normalized spacial score (nSPS) is 12.4. The standard InChI is InChI=1S/C16H16ClNO3/c17-14-8-12(9-15-16(14)21-11-20-15)10-18-6-7-19-13-4-2-1-3-5-13/h1-5,8-9,18H,6-7,10-11H2. The lowest BCUT2D eigenvalue weighted by Gasteiger charge is -2.08. The van der Waals surface area contributed by atoms with Crippen LogP contribution in [0.5, 0.6) is 17.2 Å². The number of rotatable bonds is 6. The number of benzene rings is 2. The van der Waals surface area contributed by atoms with Gasteiger partial charge in [-0.15, -0.1) is 0 Å². The minimum atomic E-state index is 0.233. The highest BCUT2D eigenvalue weighted by Crippen LogP contribution is 2.39. The molecular formula is C16H16ClNO3. The molecule has 4 nitrogen and oxygen atoms in total. The fourth-order valence-corrected chi connectivity index (χ4v) is 2.40. The molecule has 0 bridgehead atoms. The Morgan fingerprint density at radius 3 is 2.86 bits per heavy atom. The van der Waals surface area contributed by atoms with Crippen LogP contribution in [0.25, 0.3) is 0 Å². The van der Waals surface area contributed by atoms with E-state index in [1.54, 1.807) is 0 Å². The van der Waals surface area contributed by atoms with E-state index in [2.05, 4.69) is 5.32 Å². The minimum absolute atomic E-state index is 0.233. The van der Waals surface area contributed by atoms with Gasteiger partial charge in [-0.3, -0.25) is 0 Å². The zero-order chi connectivity index (χ0) is 14.5. The maximum atomic E-state index is 6.14. The Morgan fingerprint density at radius 1 is 1.14 bits per heavy atom. The molecule has 0 aromatic heterocycles. The summed E-state index contributed by atoms with van der Waals surface area (Å²) in [6, 6.07) is 13.6. The molecule has 110 valence electrons. The lowest BCUT2D eigenvalue weighted by atomic mass is 10.2. The van der Waals surface area contributed by atoms with Crippen molar-refractivity contribution in [3.8, 4) is 17.2 Å². The van der Waals surface area contributed by atoms with Crippen molar-refractivity contribution in [1.82, 2.24) is 5.32 Å². The summed E-state index contributed by atoms with van der Waals surface area (Å²) in [5.74, 6) is 2.22. The van der Waals surface area contributed by atoms with Crippen molar-refractivity contribution in [3.05, 3.63) is 53.1 Å². The van der Waals surface area contributed by atoms with Crippen LogP contribution in [0.4, 0.5) is 0 Å². The highest BCUT2D eigenvalue weighted by Gasteiger charge is 2.17. The van der Waals surface area contributed by atoms with E-state index in [1.165, 1.54) is 0 Å². The molecule has 0 aliphatic carbocycles. The first kappa shape index (κ1) is 14.0. The zero-order valence-corrected chi connectivity index (χ0v) is 12.2. The summed E-state index contributed by atoms with van der Waals surface area (Å²) in [4.78, 5) is 0. The summed E-state index contributed by atoms with van der Waals surface area (Å²) in [6.07, 6.45) is 0. The number of fused-ring (bicyclic) bond motifs is 1. The Morgan fingerprint density at radius 2 is 2.00 bits per heavy atom. The predicted octanol–water partition coefficient (Wildman–Crippen LogP) is 3.24. The molecule has 1 aliphatic heterocycles. The highest BCUT2D eigenvalue weighted by molar-refractivity contribution is 6.32. The Balaban J connectivity index is 1.45. The van der Waals surface area contributed by atoms with E-state index in [0.717, 1.165) is 17.9 Å². The molecule has 0 atom stereocenters. The maximum absolute atomic E-state index is 6.14. The van der Waals surface area contributed by atoms with Crippen molar-refractivity contribution < 1.29 is 14.2 Å². The maximum Gasteiger partial charge on any atom is 0.231 e. The third-order valence-corrected chi connectivity index (χ3v) is 3.39. The predicted molar refractivity (Wildman–Crippen MR) is 81.2 cm³/mol. The van der Waals surface area contributed by atoms with Gasteiger partial charge in [0, 0.05) is 13.1 Å². The monoisotopic (exact) mass is 305 g/mol.